The van der Waals surface area contributed by atoms with Crippen molar-refractivity contribution in [3.8, 4) is 0 Å². The smallest absolute Gasteiger partial charge is 0.223 e. The highest BCUT2D eigenvalue weighted by Crippen LogP contribution is 2.30. The van der Waals surface area contributed by atoms with Gasteiger partial charge in [0.15, 0.2) is 0 Å². The van der Waals surface area contributed by atoms with E-state index in [1.165, 1.54) is 12.1 Å². The normalized spacial score (nSPS) is 16.8. The molecule has 1 saturated heterocycles. The van der Waals surface area contributed by atoms with Crippen molar-refractivity contribution in [3.63, 3.8) is 0 Å². The molecule has 29 heavy (non-hydrogen) atoms. The molecule has 148 valence electrons. The number of carbonyl (C=O) groups is 1. The van der Waals surface area contributed by atoms with E-state index in [1.54, 1.807) is 12.1 Å². The zero-order valence-electron chi connectivity index (χ0n) is 16.2. The highest BCUT2D eigenvalue weighted by Gasteiger charge is 2.28. The van der Waals surface area contributed by atoms with Gasteiger partial charge < -0.3 is 9.64 Å². The molecule has 1 heterocycles. The second-order valence-corrected chi connectivity index (χ2v) is 7.33. The van der Waals surface area contributed by atoms with E-state index in [1.807, 2.05) is 41.3 Å². The second-order valence-electron chi connectivity index (χ2n) is 7.33. The lowest BCUT2D eigenvalue weighted by Crippen LogP contribution is -2.42. The topological polar surface area (TPSA) is 29.5 Å². The van der Waals surface area contributed by atoms with Crippen molar-refractivity contribution in [2.75, 3.05) is 19.7 Å². The molecule has 3 aromatic carbocycles. The van der Waals surface area contributed by atoms with E-state index in [0.29, 0.717) is 26.1 Å². The summed E-state index contributed by atoms with van der Waals surface area (Å²) < 4.78 is 19.1. The molecule has 0 saturated carbocycles. The van der Waals surface area contributed by atoms with Gasteiger partial charge in [0.2, 0.25) is 5.91 Å². The molecule has 3 aromatic rings. The van der Waals surface area contributed by atoms with Crippen LogP contribution in [0.25, 0.3) is 0 Å². The molecule has 0 radical (unpaired) electrons. The number of hydrogen-bond acceptors (Lipinski definition) is 2. The van der Waals surface area contributed by atoms with E-state index in [-0.39, 0.29) is 23.7 Å². The summed E-state index contributed by atoms with van der Waals surface area (Å²) in [6, 6.07) is 26.6. The Kier molecular flexibility index (Phi) is 6.01. The number of halogens is 1. The maximum absolute atomic E-state index is 13.2. The number of morpholine rings is 1. The predicted octanol–water partition coefficient (Wildman–Crippen LogP) is 4.95. The molecule has 4 heteroatoms. The Labute approximate surface area is 170 Å². The standard InChI is InChI=1S/C25H24FNO2/c26-22-13-11-21(12-14-22)24-18-27(15-16-29-24)25(28)17-23(19-7-3-1-4-8-19)20-9-5-2-6-10-20/h1-14,23-24H,15-18H2/t24-/m0/s1. The Balaban J connectivity index is 1.50. The number of benzene rings is 3. The maximum Gasteiger partial charge on any atom is 0.223 e. The van der Waals surface area contributed by atoms with Crippen LogP contribution in [0.2, 0.25) is 0 Å². The minimum absolute atomic E-state index is 0.0111. The fourth-order valence-electron chi connectivity index (χ4n) is 3.86. The molecule has 0 bridgehead atoms. The van der Waals surface area contributed by atoms with Gasteiger partial charge in [-0.2, -0.15) is 0 Å². The monoisotopic (exact) mass is 389 g/mol. The van der Waals surface area contributed by atoms with E-state index in [0.717, 1.165) is 16.7 Å². The van der Waals surface area contributed by atoms with E-state index in [2.05, 4.69) is 24.3 Å². The third kappa shape index (κ3) is 4.72. The van der Waals surface area contributed by atoms with E-state index < -0.39 is 0 Å². The maximum atomic E-state index is 13.2. The summed E-state index contributed by atoms with van der Waals surface area (Å²) in [4.78, 5) is 15.1. The molecular weight excluding hydrogens is 365 g/mol. The van der Waals surface area contributed by atoms with Crippen LogP contribution in [0.15, 0.2) is 84.9 Å². The molecule has 0 aromatic heterocycles. The quantitative estimate of drug-likeness (QED) is 0.618. The Hall–Kier alpha value is -2.98. The van der Waals surface area contributed by atoms with Crippen LogP contribution in [0, 0.1) is 5.82 Å². The first kappa shape index (κ1) is 19.3. The molecule has 1 aliphatic rings. The van der Waals surface area contributed by atoms with E-state index >= 15 is 0 Å². The van der Waals surface area contributed by atoms with Crippen molar-refractivity contribution in [2.24, 2.45) is 0 Å². The first-order valence-corrected chi connectivity index (χ1v) is 9.95. The number of rotatable bonds is 5. The molecular formula is C25H24FNO2. The third-order valence-electron chi connectivity index (χ3n) is 5.44. The van der Waals surface area contributed by atoms with Gasteiger partial charge in [0.05, 0.1) is 13.2 Å². The number of amides is 1. The van der Waals surface area contributed by atoms with Gasteiger partial charge in [-0.1, -0.05) is 72.8 Å². The van der Waals surface area contributed by atoms with Crippen molar-refractivity contribution in [1.29, 1.82) is 0 Å². The van der Waals surface area contributed by atoms with Crippen LogP contribution in [-0.4, -0.2) is 30.5 Å². The Bertz CT molecular complexity index is 889. The molecule has 4 rings (SSSR count). The van der Waals surface area contributed by atoms with Crippen LogP contribution in [-0.2, 0) is 9.53 Å². The zero-order chi connectivity index (χ0) is 20.1. The van der Waals surface area contributed by atoms with Crippen molar-refractivity contribution in [2.45, 2.75) is 18.4 Å². The highest BCUT2D eigenvalue weighted by molar-refractivity contribution is 5.78. The average molecular weight is 389 g/mol. The molecule has 0 spiro atoms. The Morgan fingerprint density at radius 1 is 0.931 bits per heavy atom. The first-order valence-electron chi connectivity index (χ1n) is 9.95. The fraction of sp³-hybridized carbons (Fsp3) is 0.240. The Morgan fingerprint density at radius 2 is 1.52 bits per heavy atom. The summed E-state index contributed by atoms with van der Waals surface area (Å²) in [5.74, 6) is -0.152. The van der Waals surface area contributed by atoms with Crippen LogP contribution < -0.4 is 0 Å². The van der Waals surface area contributed by atoms with Crippen LogP contribution in [0.5, 0.6) is 0 Å². The molecule has 1 aliphatic heterocycles. The molecule has 3 nitrogen and oxygen atoms in total. The largest absolute Gasteiger partial charge is 0.370 e. The number of nitrogens with zero attached hydrogens (tertiary/aromatic N) is 1. The van der Waals surface area contributed by atoms with Crippen molar-refractivity contribution in [1.82, 2.24) is 4.90 Å². The lowest BCUT2D eigenvalue weighted by molar-refractivity contribution is -0.139. The van der Waals surface area contributed by atoms with Gasteiger partial charge in [-0.15, -0.1) is 0 Å². The number of hydrogen-bond donors (Lipinski definition) is 0. The van der Waals surface area contributed by atoms with Crippen molar-refractivity contribution < 1.29 is 13.9 Å². The molecule has 1 amide bonds. The zero-order valence-corrected chi connectivity index (χ0v) is 16.2. The number of carbonyl (C=O) groups excluding carboxylic acids is 1. The molecule has 1 atom stereocenters. The summed E-state index contributed by atoms with van der Waals surface area (Å²) in [7, 11) is 0. The van der Waals surface area contributed by atoms with Gasteiger partial charge in [0, 0.05) is 18.9 Å². The van der Waals surface area contributed by atoms with Gasteiger partial charge >= 0.3 is 0 Å². The lowest BCUT2D eigenvalue weighted by Gasteiger charge is -2.34. The van der Waals surface area contributed by atoms with Gasteiger partial charge in [0.1, 0.15) is 11.9 Å². The van der Waals surface area contributed by atoms with Crippen LogP contribution in [0.4, 0.5) is 4.39 Å². The highest BCUT2D eigenvalue weighted by atomic mass is 19.1. The third-order valence-corrected chi connectivity index (χ3v) is 5.44. The predicted molar refractivity (Wildman–Crippen MR) is 111 cm³/mol. The van der Waals surface area contributed by atoms with Crippen LogP contribution >= 0.6 is 0 Å². The fourth-order valence-corrected chi connectivity index (χ4v) is 3.86. The second kappa shape index (κ2) is 9.01. The minimum Gasteiger partial charge on any atom is -0.370 e. The molecule has 0 aliphatic carbocycles. The summed E-state index contributed by atoms with van der Waals surface area (Å²) in [6.07, 6.45) is 0.185. The molecule has 1 fully saturated rings. The minimum atomic E-state index is -0.272. The Morgan fingerprint density at radius 3 is 2.10 bits per heavy atom. The van der Waals surface area contributed by atoms with Crippen LogP contribution in [0.3, 0.4) is 0 Å². The average Bonchev–Trinajstić information content (AvgIpc) is 2.79. The van der Waals surface area contributed by atoms with Gasteiger partial charge in [0.25, 0.3) is 0 Å². The molecule has 0 N–H and O–H groups in total. The summed E-state index contributed by atoms with van der Waals surface area (Å²) in [5.41, 5.74) is 3.16. The van der Waals surface area contributed by atoms with Crippen LogP contribution in [0.1, 0.15) is 35.1 Å². The van der Waals surface area contributed by atoms with Gasteiger partial charge in [-0.3, -0.25) is 4.79 Å². The summed E-state index contributed by atoms with van der Waals surface area (Å²) in [6.45, 7) is 1.54. The summed E-state index contributed by atoms with van der Waals surface area (Å²) >= 11 is 0. The van der Waals surface area contributed by atoms with E-state index in [4.69, 9.17) is 4.74 Å². The SMILES string of the molecule is O=C(CC(c1ccccc1)c1ccccc1)N1CCO[C@H](c2ccc(F)cc2)C1. The lowest BCUT2D eigenvalue weighted by atomic mass is 9.88. The van der Waals surface area contributed by atoms with Crippen molar-refractivity contribution in [3.05, 3.63) is 107 Å². The first-order chi connectivity index (χ1) is 14.2. The van der Waals surface area contributed by atoms with E-state index in [9.17, 15) is 9.18 Å². The van der Waals surface area contributed by atoms with Gasteiger partial charge in [-0.25, -0.2) is 4.39 Å². The molecule has 0 unspecified atom stereocenters. The van der Waals surface area contributed by atoms with Crippen molar-refractivity contribution >= 4 is 5.91 Å². The number of ether oxygens (including phenoxy) is 1. The summed E-state index contributed by atoms with van der Waals surface area (Å²) in [5, 5.41) is 0. The van der Waals surface area contributed by atoms with Gasteiger partial charge in [-0.05, 0) is 28.8 Å².